The first-order valence-corrected chi connectivity index (χ1v) is 6.51. The van der Waals surface area contributed by atoms with Crippen molar-refractivity contribution in [1.29, 1.82) is 0 Å². The van der Waals surface area contributed by atoms with Crippen LogP contribution in [0, 0.1) is 48.9 Å². The van der Waals surface area contributed by atoms with E-state index in [2.05, 4.69) is 29.6 Å². The van der Waals surface area contributed by atoms with E-state index in [-0.39, 0.29) is 25.4 Å². The average molecular weight is 306 g/mol. The van der Waals surface area contributed by atoms with Crippen molar-refractivity contribution in [3.05, 3.63) is 23.3 Å². The lowest BCUT2D eigenvalue weighted by molar-refractivity contribution is 0.0555. The predicted molar refractivity (Wildman–Crippen MR) is 86.8 cm³/mol. The second-order valence-corrected chi connectivity index (χ2v) is 3.98. The average Bonchev–Trinajstić information content (AvgIpc) is 2.57. The molecule has 0 heterocycles. The zero-order chi connectivity index (χ0) is 17.1. The Balaban J connectivity index is 3.38. The SMILES string of the molecule is C#CCOC(=O)c1cc(OCC#C)cc(OCC#C)c1C#CC. The third-order valence-corrected chi connectivity index (χ3v) is 2.47. The molecule has 0 bridgehead atoms. The molecule has 0 fully saturated rings. The molecule has 4 nitrogen and oxygen atoms in total. The first-order valence-electron chi connectivity index (χ1n) is 6.51. The molecule has 0 amide bonds. The minimum atomic E-state index is -0.641. The number of hydrogen-bond donors (Lipinski definition) is 0. The van der Waals surface area contributed by atoms with Gasteiger partial charge in [0.05, 0.1) is 11.1 Å². The van der Waals surface area contributed by atoms with Gasteiger partial charge in [0.15, 0.2) is 6.61 Å². The van der Waals surface area contributed by atoms with Crippen LogP contribution in [0.3, 0.4) is 0 Å². The van der Waals surface area contributed by atoms with Gasteiger partial charge in [-0.05, 0) is 13.0 Å². The monoisotopic (exact) mass is 306 g/mol. The van der Waals surface area contributed by atoms with E-state index in [1.54, 1.807) is 13.0 Å². The Bertz CT molecular complexity index is 758. The summed E-state index contributed by atoms with van der Waals surface area (Å²) in [6.45, 7) is 1.51. The topological polar surface area (TPSA) is 44.8 Å². The number of hydrogen-bond acceptors (Lipinski definition) is 4. The molecule has 0 saturated heterocycles. The number of benzene rings is 1. The summed E-state index contributed by atoms with van der Waals surface area (Å²) in [5.41, 5.74) is 0.508. The fourth-order valence-electron chi connectivity index (χ4n) is 1.63. The van der Waals surface area contributed by atoms with Crippen LogP contribution in [0.15, 0.2) is 12.1 Å². The summed E-state index contributed by atoms with van der Waals surface area (Å²) >= 11 is 0. The molecule has 0 aromatic heterocycles. The molecule has 1 aromatic rings. The lowest BCUT2D eigenvalue weighted by Crippen LogP contribution is -2.10. The van der Waals surface area contributed by atoms with Crippen molar-refractivity contribution >= 4 is 5.97 Å². The molecule has 1 aromatic carbocycles. The van der Waals surface area contributed by atoms with Crippen LogP contribution in [-0.4, -0.2) is 25.8 Å². The quantitative estimate of drug-likeness (QED) is 0.594. The summed E-state index contributed by atoms with van der Waals surface area (Å²) in [6, 6.07) is 3.03. The molecule has 0 N–H and O–H groups in total. The lowest BCUT2D eigenvalue weighted by Gasteiger charge is -2.13. The summed E-state index contributed by atoms with van der Waals surface area (Å²) in [4.78, 5) is 12.2. The van der Waals surface area contributed by atoms with Crippen molar-refractivity contribution in [3.63, 3.8) is 0 Å². The molecule has 0 aliphatic carbocycles. The van der Waals surface area contributed by atoms with Crippen LogP contribution in [-0.2, 0) is 4.74 Å². The minimum absolute atomic E-state index is 0.00975. The van der Waals surface area contributed by atoms with Gasteiger partial charge in [-0.15, -0.1) is 25.2 Å². The van der Waals surface area contributed by atoms with Crippen LogP contribution in [0.4, 0.5) is 0 Å². The third kappa shape index (κ3) is 5.09. The van der Waals surface area contributed by atoms with Crippen LogP contribution in [0.5, 0.6) is 11.5 Å². The summed E-state index contributed by atoms with van der Waals surface area (Å²) in [5, 5.41) is 0. The van der Waals surface area contributed by atoms with E-state index in [0.717, 1.165) is 0 Å². The van der Waals surface area contributed by atoms with Crippen molar-refractivity contribution in [2.45, 2.75) is 6.92 Å². The normalized spacial score (nSPS) is 8.43. The smallest absolute Gasteiger partial charge is 0.340 e. The Hall–Kier alpha value is -3.47. The lowest BCUT2D eigenvalue weighted by atomic mass is 10.1. The van der Waals surface area contributed by atoms with Crippen molar-refractivity contribution < 1.29 is 19.0 Å². The number of ether oxygens (including phenoxy) is 3. The predicted octanol–water partition coefficient (Wildman–Crippen LogP) is 1.87. The first kappa shape index (κ1) is 17.6. The van der Waals surface area contributed by atoms with Gasteiger partial charge in [-0.25, -0.2) is 4.79 Å². The molecule has 0 radical (unpaired) electrons. The van der Waals surface area contributed by atoms with E-state index in [0.29, 0.717) is 17.1 Å². The molecule has 0 aliphatic rings. The van der Waals surface area contributed by atoms with Gasteiger partial charge < -0.3 is 14.2 Å². The molecule has 0 atom stereocenters. The van der Waals surface area contributed by atoms with Gasteiger partial charge in [0.1, 0.15) is 24.7 Å². The Labute approximate surface area is 136 Å². The number of esters is 1. The number of terminal acetylenes is 3. The van der Waals surface area contributed by atoms with Crippen molar-refractivity contribution in [2.24, 2.45) is 0 Å². The molecular weight excluding hydrogens is 292 g/mol. The molecule has 114 valence electrons. The number of rotatable bonds is 6. The Morgan fingerprint density at radius 2 is 1.70 bits per heavy atom. The maximum absolute atomic E-state index is 12.2. The Kier molecular flexibility index (Phi) is 7.23. The highest BCUT2D eigenvalue weighted by atomic mass is 16.5. The highest BCUT2D eigenvalue weighted by Gasteiger charge is 2.18. The van der Waals surface area contributed by atoms with Crippen molar-refractivity contribution in [3.8, 4) is 60.4 Å². The fraction of sp³-hybridized carbons (Fsp3) is 0.211. The van der Waals surface area contributed by atoms with E-state index >= 15 is 0 Å². The first-order chi connectivity index (χ1) is 11.2. The van der Waals surface area contributed by atoms with Gasteiger partial charge in [0, 0.05) is 6.07 Å². The summed E-state index contributed by atoms with van der Waals surface area (Å²) < 4.78 is 15.7. The third-order valence-electron chi connectivity index (χ3n) is 2.47. The van der Waals surface area contributed by atoms with Crippen LogP contribution >= 0.6 is 0 Å². The van der Waals surface area contributed by atoms with Gasteiger partial charge in [0.2, 0.25) is 0 Å². The van der Waals surface area contributed by atoms with Gasteiger partial charge in [0.25, 0.3) is 0 Å². The molecule has 0 unspecified atom stereocenters. The molecule has 0 spiro atoms. The van der Waals surface area contributed by atoms with Crippen LogP contribution < -0.4 is 9.47 Å². The molecule has 23 heavy (non-hydrogen) atoms. The van der Waals surface area contributed by atoms with Crippen molar-refractivity contribution in [1.82, 2.24) is 0 Å². The summed E-state index contributed by atoms with van der Waals surface area (Å²) in [7, 11) is 0. The largest absolute Gasteiger partial charge is 0.481 e. The van der Waals surface area contributed by atoms with Crippen LogP contribution in [0.25, 0.3) is 0 Å². The van der Waals surface area contributed by atoms with Gasteiger partial charge >= 0.3 is 5.97 Å². The zero-order valence-electron chi connectivity index (χ0n) is 12.6. The second kappa shape index (κ2) is 9.46. The standard InChI is InChI=1S/C19H14O4/c1-5-9-16-17(19(20)23-12-8-4)13-15(21-10-6-2)14-18(16)22-11-7-3/h2-4,13-14H,10-12H2,1H3. The van der Waals surface area contributed by atoms with Gasteiger partial charge in [-0.1, -0.05) is 23.7 Å². The van der Waals surface area contributed by atoms with Gasteiger partial charge in [-0.3, -0.25) is 0 Å². The van der Waals surface area contributed by atoms with Gasteiger partial charge in [-0.2, -0.15) is 0 Å². The zero-order valence-corrected chi connectivity index (χ0v) is 12.6. The van der Waals surface area contributed by atoms with Crippen LogP contribution in [0.1, 0.15) is 22.8 Å². The summed E-state index contributed by atoms with van der Waals surface area (Å²) in [6.07, 6.45) is 15.5. The van der Waals surface area contributed by atoms with Crippen molar-refractivity contribution in [2.75, 3.05) is 19.8 Å². The molecule has 1 rings (SSSR count). The van der Waals surface area contributed by atoms with E-state index in [4.69, 9.17) is 33.5 Å². The van der Waals surface area contributed by atoms with E-state index in [1.165, 1.54) is 6.07 Å². The molecule has 0 saturated carbocycles. The highest BCUT2D eigenvalue weighted by molar-refractivity contribution is 5.94. The Morgan fingerprint density at radius 3 is 2.30 bits per heavy atom. The van der Waals surface area contributed by atoms with E-state index in [9.17, 15) is 4.79 Å². The molecular formula is C19H14O4. The molecule has 4 heteroatoms. The van der Waals surface area contributed by atoms with Crippen LogP contribution in [0.2, 0.25) is 0 Å². The second-order valence-electron chi connectivity index (χ2n) is 3.98. The maximum Gasteiger partial charge on any atom is 0.340 e. The summed E-state index contributed by atoms with van der Waals surface area (Å²) in [5.74, 6) is 12.4. The minimum Gasteiger partial charge on any atom is -0.481 e. The van der Waals surface area contributed by atoms with E-state index < -0.39 is 5.97 Å². The number of carbonyl (C=O) groups is 1. The highest BCUT2D eigenvalue weighted by Crippen LogP contribution is 2.29. The maximum atomic E-state index is 12.2. The number of carbonyl (C=O) groups excluding carboxylic acids is 1. The fourth-order valence-corrected chi connectivity index (χ4v) is 1.63. The Morgan fingerprint density at radius 1 is 1.04 bits per heavy atom. The van der Waals surface area contributed by atoms with E-state index in [1.807, 2.05) is 0 Å². The molecule has 0 aliphatic heterocycles.